The summed E-state index contributed by atoms with van der Waals surface area (Å²) in [6.45, 7) is 4.95. The van der Waals surface area contributed by atoms with Gasteiger partial charge in [-0.15, -0.1) is 0 Å². The minimum atomic E-state index is -0.436. The van der Waals surface area contributed by atoms with Crippen LogP contribution in [0.5, 0.6) is 0 Å². The van der Waals surface area contributed by atoms with Gasteiger partial charge in [0.05, 0.1) is 5.56 Å². The quantitative estimate of drug-likeness (QED) is 0.679. The number of aryl methyl sites for hydroxylation is 1. The summed E-state index contributed by atoms with van der Waals surface area (Å²) >= 11 is 0. The van der Waals surface area contributed by atoms with Gasteiger partial charge in [-0.25, -0.2) is 9.37 Å². The van der Waals surface area contributed by atoms with Crippen molar-refractivity contribution >= 4 is 22.9 Å². The SMILES string of the molecule is CCC1CN(C(=O)c2cccc3oc(C)nc23)CCN1C(=O)c1cccc(F)c1. The van der Waals surface area contributed by atoms with Gasteiger partial charge in [-0.2, -0.15) is 0 Å². The predicted octanol–water partition coefficient (Wildman–Crippen LogP) is 3.65. The van der Waals surface area contributed by atoms with Crippen molar-refractivity contribution in [3.8, 4) is 0 Å². The number of hydrogen-bond donors (Lipinski definition) is 0. The zero-order chi connectivity index (χ0) is 20.5. The maximum atomic E-state index is 13.5. The lowest BCUT2D eigenvalue weighted by Gasteiger charge is -2.41. The first-order valence-corrected chi connectivity index (χ1v) is 9.70. The van der Waals surface area contributed by atoms with Crippen LogP contribution in [-0.2, 0) is 0 Å². The van der Waals surface area contributed by atoms with Crippen molar-refractivity contribution in [1.29, 1.82) is 0 Å². The summed E-state index contributed by atoms with van der Waals surface area (Å²) in [7, 11) is 0. The van der Waals surface area contributed by atoms with Crippen LogP contribution in [0.3, 0.4) is 0 Å². The standard InChI is InChI=1S/C22H22FN3O3/c1-3-17-13-25(10-11-26(17)21(27)15-6-4-7-16(23)12-15)22(28)18-8-5-9-19-20(18)24-14(2)29-19/h4-9,12,17H,3,10-11,13H2,1-2H3. The number of oxazole rings is 1. The van der Waals surface area contributed by atoms with E-state index in [1.165, 1.54) is 18.2 Å². The number of amides is 2. The van der Waals surface area contributed by atoms with Crippen LogP contribution < -0.4 is 0 Å². The predicted molar refractivity (Wildman–Crippen MR) is 106 cm³/mol. The number of nitrogens with zero attached hydrogens (tertiary/aromatic N) is 3. The number of carbonyl (C=O) groups excluding carboxylic acids is 2. The number of carbonyl (C=O) groups is 2. The van der Waals surface area contributed by atoms with Crippen LogP contribution in [0.15, 0.2) is 46.9 Å². The van der Waals surface area contributed by atoms with Gasteiger partial charge in [0.2, 0.25) is 0 Å². The van der Waals surface area contributed by atoms with E-state index in [9.17, 15) is 14.0 Å². The van der Waals surface area contributed by atoms with Crippen molar-refractivity contribution in [2.45, 2.75) is 26.3 Å². The Morgan fingerprint density at radius 1 is 1.17 bits per heavy atom. The molecule has 2 aromatic carbocycles. The first-order chi connectivity index (χ1) is 14.0. The third kappa shape index (κ3) is 3.60. The van der Waals surface area contributed by atoms with Crippen LogP contribution in [0.2, 0.25) is 0 Å². The highest BCUT2D eigenvalue weighted by Gasteiger charge is 2.33. The Morgan fingerprint density at radius 2 is 1.97 bits per heavy atom. The molecule has 7 heteroatoms. The molecule has 0 N–H and O–H groups in total. The second kappa shape index (κ2) is 7.66. The fourth-order valence-electron chi connectivity index (χ4n) is 3.85. The van der Waals surface area contributed by atoms with Crippen molar-refractivity contribution in [3.63, 3.8) is 0 Å². The van der Waals surface area contributed by atoms with E-state index in [2.05, 4.69) is 4.98 Å². The molecule has 2 heterocycles. The summed E-state index contributed by atoms with van der Waals surface area (Å²) in [6, 6.07) is 10.9. The number of rotatable bonds is 3. The number of piperazine rings is 1. The molecule has 1 aliphatic heterocycles. The molecule has 1 atom stereocenters. The van der Waals surface area contributed by atoms with Crippen LogP contribution in [0.1, 0.15) is 40.0 Å². The van der Waals surface area contributed by atoms with Gasteiger partial charge in [-0.1, -0.05) is 19.1 Å². The van der Waals surface area contributed by atoms with Crippen molar-refractivity contribution in [1.82, 2.24) is 14.8 Å². The van der Waals surface area contributed by atoms with Crippen LogP contribution in [-0.4, -0.2) is 52.3 Å². The molecule has 1 unspecified atom stereocenters. The molecule has 1 aliphatic rings. The summed E-state index contributed by atoms with van der Waals surface area (Å²) in [4.78, 5) is 33.9. The number of hydrogen-bond acceptors (Lipinski definition) is 4. The molecular weight excluding hydrogens is 373 g/mol. The van der Waals surface area contributed by atoms with E-state index in [-0.39, 0.29) is 17.9 Å². The van der Waals surface area contributed by atoms with Gasteiger partial charge in [0.25, 0.3) is 11.8 Å². The lowest BCUT2D eigenvalue weighted by Crippen LogP contribution is -2.56. The van der Waals surface area contributed by atoms with E-state index in [0.717, 1.165) is 0 Å². The summed E-state index contributed by atoms with van der Waals surface area (Å²) in [6.07, 6.45) is 0.693. The molecule has 0 spiro atoms. The zero-order valence-corrected chi connectivity index (χ0v) is 16.4. The van der Waals surface area contributed by atoms with Crippen LogP contribution in [0.25, 0.3) is 11.1 Å². The molecule has 6 nitrogen and oxygen atoms in total. The summed E-state index contributed by atoms with van der Waals surface area (Å²) in [5.41, 5.74) is 1.96. The van der Waals surface area contributed by atoms with Crippen LogP contribution in [0.4, 0.5) is 4.39 Å². The highest BCUT2D eigenvalue weighted by atomic mass is 19.1. The molecule has 0 bridgehead atoms. The first kappa shape index (κ1) is 19.1. The molecule has 1 saturated heterocycles. The molecule has 0 aliphatic carbocycles. The number of halogens is 1. The lowest BCUT2D eigenvalue weighted by atomic mass is 10.0. The fourth-order valence-corrected chi connectivity index (χ4v) is 3.85. The molecule has 150 valence electrons. The third-order valence-corrected chi connectivity index (χ3v) is 5.33. The minimum Gasteiger partial charge on any atom is -0.441 e. The maximum absolute atomic E-state index is 13.5. The summed E-state index contributed by atoms with van der Waals surface area (Å²) < 4.78 is 19.1. The molecule has 1 aromatic heterocycles. The largest absolute Gasteiger partial charge is 0.441 e. The van der Waals surface area contributed by atoms with Gasteiger partial charge in [0, 0.05) is 38.2 Å². The number of fused-ring (bicyclic) bond motifs is 1. The maximum Gasteiger partial charge on any atom is 0.256 e. The normalized spacial score (nSPS) is 17.0. The van der Waals surface area contributed by atoms with Gasteiger partial charge in [-0.05, 0) is 36.8 Å². The van der Waals surface area contributed by atoms with Gasteiger partial charge >= 0.3 is 0 Å². The molecule has 0 radical (unpaired) electrons. The number of para-hydroxylation sites is 1. The Morgan fingerprint density at radius 3 is 2.72 bits per heavy atom. The molecule has 3 aromatic rings. The van der Waals surface area contributed by atoms with Gasteiger partial charge in [0.15, 0.2) is 11.5 Å². The van der Waals surface area contributed by atoms with E-state index in [1.807, 2.05) is 6.92 Å². The van der Waals surface area contributed by atoms with Crippen LogP contribution in [0, 0.1) is 12.7 Å². The van der Waals surface area contributed by atoms with Crippen molar-refractivity contribution in [2.24, 2.45) is 0 Å². The smallest absolute Gasteiger partial charge is 0.256 e. The monoisotopic (exact) mass is 395 g/mol. The molecule has 2 amide bonds. The van der Waals surface area contributed by atoms with Gasteiger partial charge in [-0.3, -0.25) is 9.59 Å². The topological polar surface area (TPSA) is 66.7 Å². The van der Waals surface area contributed by atoms with Gasteiger partial charge < -0.3 is 14.2 Å². The summed E-state index contributed by atoms with van der Waals surface area (Å²) in [5, 5.41) is 0. The molecule has 29 heavy (non-hydrogen) atoms. The number of aromatic nitrogens is 1. The summed E-state index contributed by atoms with van der Waals surface area (Å²) in [5.74, 6) is -0.260. The fraction of sp³-hybridized carbons (Fsp3) is 0.318. The Labute approximate surface area is 167 Å². The zero-order valence-electron chi connectivity index (χ0n) is 16.4. The Hall–Kier alpha value is -3.22. The Bertz CT molecular complexity index is 1080. The molecular formula is C22H22FN3O3. The van der Waals surface area contributed by atoms with Crippen LogP contribution >= 0.6 is 0 Å². The molecule has 1 fully saturated rings. The highest BCUT2D eigenvalue weighted by molar-refractivity contribution is 6.04. The average molecular weight is 395 g/mol. The third-order valence-electron chi connectivity index (χ3n) is 5.33. The lowest BCUT2D eigenvalue weighted by molar-refractivity contribution is 0.0380. The van der Waals surface area contributed by atoms with E-state index >= 15 is 0 Å². The second-order valence-corrected chi connectivity index (χ2v) is 7.21. The van der Waals surface area contributed by atoms with Gasteiger partial charge in [0.1, 0.15) is 11.3 Å². The van der Waals surface area contributed by atoms with E-state index in [0.29, 0.717) is 54.2 Å². The minimum absolute atomic E-state index is 0.125. The van der Waals surface area contributed by atoms with E-state index in [1.54, 1.807) is 41.0 Å². The molecule has 0 saturated carbocycles. The Balaban J connectivity index is 1.55. The van der Waals surface area contributed by atoms with Crippen molar-refractivity contribution in [3.05, 3.63) is 65.3 Å². The van der Waals surface area contributed by atoms with Crippen molar-refractivity contribution < 1.29 is 18.4 Å². The van der Waals surface area contributed by atoms with E-state index < -0.39 is 5.82 Å². The molecule has 4 rings (SSSR count). The van der Waals surface area contributed by atoms with Crippen molar-refractivity contribution in [2.75, 3.05) is 19.6 Å². The van der Waals surface area contributed by atoms with E-state index in [4.69, 9.17) is 4.42 Å². The highest BCUT2D eigenvalue weighted by Crippen LogP contribution is 2.23. The first-order valence-electron chi connectivity index (χ1n) is 9.70. The Kier molecular flexibility index (Phi) is 5.05. The number of benzene rings is 2. The average Bonchev–Trinajstić information content (AvgIpc) is 3.12. The second-order valence-electron chi connectivity index (χ2n) is 7.21.